The minimum atomic E-state index is -0.474. The molecule has 1 N–H and O–H groups in total. The van der Waals surface area contributed by atoms with Crippen LogP contribution < -0.4 is 10.2 Å². The lowest BCUT2D eigenvalue weighted by atomic mass is 10.1. The van der Waals surface area contributed by atoms with Crippen LogP contribution in [-0.2, 0) is 19.5 Å². The van der Waals surface area contributed by atoms with Crippen LogP contribution in [-0.4, -0.2) is 32.4 Å². The van der Waals surface area contributed by atoms with Gasteiger partial charge >= 0.3 is 0 Å². The number of nitro groups is 1. The number of nitro benzene ring substituents is 1. The molecular weight excluding hydrogens is 444 g/mol. The van der Waals surface area contributed by atoms with Crippen LogP contribution in [0.3, 0.4) is 0 Å². The zero-order valence-corrected chi connectivity index (χ0v) is 19.2. The molecule has 0 saturated carbocycles. The molecule has 1 aliphatic heterocycles. The molecule has 0 aliphatic carbocycles. The van der Waals surface area contributed by atoms with Crippen LogP contribution in [0, 0.1) is 17.0 Å². The fourth-order valence-electron chi connectivity index (χ4n) is 4.34. The van der Waals surface area contributed by atoms with Gasteiger partial charge in [-0.25, -0.2) is 4.68 Å². The molecule has 1 amide bonds. The molecule has 1 aliphatic rings. The first-order valence-electron chi connectivity index (χ1n) is 11.4. The van der Waals surface area contributed by atoms with Gasteiger partial charge in [0, 0.05) is 37.5 Å². The molecule has 35 heavy (non-hydrogen) atoms. The number of amides is 1. The van der Waals surface area contributed by atoms with Crippen molar-refractivity contribution in [3.63, 3.8) is 0 Å². The minimum absolute atomic E-state index is 0.0548. The zero-order chi connectivity index (χ0) is 24.4. The van der Waals surface area contributed by atoms with E-state index in [4.69, 9.17) is 0 Å². The fraction of sp³-hybridized carbons (Fsp3) is 0.192. The van der Waals surface area contributed by atoms with Crippen molar-refractivity contribution >= 4 is 17.3 Å². The largest absolute Gasteiger partial charge is 0.367 e. The van der Waals surface area contributed by atoms with E-state index in [1.165, 1.54) is 33.6 Å². The summed E-state index contributed by atoms with van der Waals surface area (Å²) in [6.45, 7) is 3.94. The number of hydrogen-bond donors (Lipinski definition) is 1. The van der Waals surface area contributed by atoms with Crippen LogP contribution >= 0.6 is 0 Å². The normalized spacial score (nSPS) is 12.4. The van der Waals surface area contributed by atoms with Crippen molar-refractivity contribution in [2.24, 2.45) is 0 Å². The third-order valence-electron chi connectivity index (χ3n) is 6.23. The van der Waals surface area contributed by atoms with Gasteiger partial charge in [0.05, 0.1) is 16.3 Å². The van der Waals surface area contributed by atoms with Crippen LogP contribution in [0.5, 0.6) is 0 Å². The maximum absolute atomic E-state index is 12.7. The molecule has 9 heteroatoms. The lowest BCUT2D eigenvalue weighted by molar-refractivity contribution is -0.384. The molecule has 4 aromatic rings. The number of nitrogens with one attached hydrogen (secondary N) is 1. The Hall–Kier alpha value is -4.53. The van der Waals surface area contributed by atoms with Crippen molar-refractivity contribution in [1.29, 1.82) is 0 Å². The van der Waals surface area contributed by atoms with Crippen LogP contribution in [0.1, 0.15) is 32.9 Å². The Balaban J connectivity index is 1.21. The molecule has 5 rings (SSSR count). The summed E-state index contributed by atoms with van der Waals surface area (Å²) in [5, 5.41) is 21.9. The maximum atomic E-state index is 12.7. The van der Waals surface area contributed by atoms with E-state index in [-0.39, 0.29) is 17.3 Å². The minimum Gasteiger partial charge on any atom is -0.367 e. The molecule has 0 radical (unpaired) electrons. The SMILES string of the molecule is Cc1c(C(=O)NCc2ccc(CN3CCc4ccccc43)cc2)nnn1-c1cccc([N+](=O)[O-])c1. The second-order valence-electron chi connectivity index (χ2n) is 8.51. The van der Waals surface area contributed by atoms with Gasteiger partial charge < -0.3 is 10.2 Å². The van der Waals surface area contributed by atoms with E-state index in [0.29, 0.717) is 17.9 Å². The van der Waals surface area contributed by atoms with Crippen molar-refractivity contribution in [3.8, 4) is 5.69 Å². The molecule has 0 spiro atoms. The standard InChI is InChI=1S/C26H24N6O3/c1-18-25(28-29-31(18)22-6-4-7-23(15-22)32(34)35)26(33)27-16-19-9-11-20(12-10-19)17-30-14-13-21-5-2-3-8-24(21)30/h2-12,15H,13-14,16-17H2,1H3,(H,27,33). The highest BCUT2D eigenvalue weighted by Gasteiger charge is 2.19. The Bertz CT molecular complexity index is 1400. The van der Waals surface area contributed by atoms with Crippen LogP contribution in [0.25, 0.3) is 5.69 Å². The first-order chi connectivity index (χ1) is 17.0. The third kappa shape index (κ3) is 4.61. The highest BCUT2D eigenvalue weighted by atomic mass is 16.6. The quantitative estimate of drug-likeness (QED) is 0.325. The molecule has 3 aromatic carbocycles. The number of nitrogens with zero attached hydrogens (tertiary/aromatic N) is 5. The molecular formula is C26H24N6O3. The average molecular weight is 469 g/mol. The molecule has 1 aromatic heterocycles. The summed E-state index contributed by atoms with van der Waals surface area (Å²) in [5.41, 5.74) is 5.99. The van der Waals surface area contributed by atoms with E-state index >= 15 is 0 Å². The third-order valence-corrected chi connectivity index (χ3v) is 6.23. The molecule has 0 atom stereocenters. The number of fused-ring (bicyclic) bond motifs is 1. The highest BCUT2D eigenvalue weighted by Crippen LogP contribution is 2.28. The van der Waals surface area contributed by atoms with E-state index in [0.717, 1.165) is 25.1 Å². The number of non-ortho nitro benzene ring substituents is 1. The van der Waals surface area contributed by atoms with E-state index in [2.05, 4.69) is 56.9 Å². The number of benzene rings is 3. The van der Waals surface area contributed by atoms with Gasteiger partial charge in [0.2, 0.25) is 0 Å². The first-order valence-corrected chi connectivity index (χ1v) is 11.4. The van der Waals surface area contributed by atoms with Gasteiger partial charge in [-0.3, -0.25) is 14.9 Å². The monoisotopic (exact) mass is 468 g/mol. The summed E-state index contributed by atoms with van der Waals surface area (Å²) in [4.78, 5) is 25.7. The van der Waals surface area contributed by atoms with Crippen molar-refractivity contribution in [3.05, 3.63) is 111 Å². The van der Waals surface area contributed by atoms with Crippen molar-refractivity contribution in [2.45, 2.75) is 26.4 Å². The molecule has 0 fully saturated rings. The van der Waals surface area contributed by atoms with E-state index in [1.807, 2.05) is 12.1 Å². The summed E-state index contributed by atoms with van der Waals surface area (Å²) >= 11 is 0. The summed E-state index contributed by atoms with van der Waals surface area (Å²) in [5.74, 6) is -0.350. The predicted octanol–water partition coefficient (Wildman–Crippen LogP) is 3.98. The summed E-state index contributed by atoms with van der Waals surface area (Å²) in [6.07, 6.45) is 1.07. The van der Waals surface area contributed by atoms with Gasteiger partial charge in [0.15, 0.2) is 5.69 Å². The first kappa shape index (κ1) is 22.3. The number of carbonyl (C=O) groups is 1. The number of rotatable bonds is 7. The number of carbonyl (C=O) groups excluding carboxylic acids is 1. The van der Waals surface area contributed by atoms with Gasteiger partial charge in [0.1, 0.15) is 0 Å². The summed E-state index contributed by atoms with van der Waals surface area (Å²) < 4.78 is 1.42. The van der Waals surface area contributed by atoms with Crippen LogP contribution in [0.2, 0.25) is 0 Å². The van der Waals surface area contributed by atoms with Gasteiger partial charge in [-0.2, -0.15) is 0 Å². The lowest BCUT2D eigenvalue weighted by Crippen LogP contribution is -2.24. The summed E-state index contributed by atoms with van der Waals surface area (Å²) in [6, 6.07) is 22.8. The van der Waals surface area contributed by atoms with Gasteiger partial charge in [0.25, 0.3) is 11.6 Å². The van der Waals surface area contributed by atoms with Gasteiger partial charge in [-0.1, -0.05) is 53.7 Å². The number of hydrogen-bond acceptors (Lipinski definition) is 6. The van der Waals surface area contributed by atoms with E-state index in [9.17, 15) is 14.9 Å². The molecule has 9 nitrogen and oxygen atoms in total. The predicted molar refractivity (Wildman–Crippen MR) is 132 cm³/mol. The smallest absolute Gasteiger partial charge is 0.274 e. The Morgan fingerprint density at radius 1 is 1.06 bits per heavy atom. The van der Waals surface area contributed by atoms with Crippen molar-refractivity contribution in [1.82, 2.24) is 20.3 Å². The number of para-hydroxylation sites is 1. The molecule has 2 heterocycles. The second-order valence-corrected chi connectivity index (χ2v) is 8.51. The zero-order valence-electron chi connectivity index (χ0n) is 19.2. The molecule has 0 saturated heterocycles. The highest BCUT2D eigenvalue weighted by molar-refractivity contribution is 5.93. The van der Waals surface area contributed by atoms with Crippen LogP contribution in [0.4, 0.5) is 11.4 Å². The Labute approximate surface area is 202 Å². The lowest BCUT2D eigenvalue weighted by Gasteiger charge is -2.19. The number of anilines is 1. The summed E-state index contributed by atoms with van der Waals surface area (Å²) in [7, 11) is 0. The maximum Gasteiger partial charge on any atom is 0.274 e. The van der Waals surface area contributed by atoms with Gasteiger partial charge in [-0.05, 0) is 42.2 Å². The molecule has 0 unspecified atom stereocenters. The molecule has 176 valence electrons. The van der Waals surface area contributed by atoms with Crippen molar-refractivity contribution < 1.29 is 9.72 Å². The number of aromatic nitrogens is 3. The Morgan fingerprint density at radius 2 is 1.83 bits per heavy atom. The van der Waals surface area contributed by atoms with Gasteiger partial charge in [-0.15, -0.1) is 5.10 Å². The van der Waals surface area contributed by atoms with E-state index < -0.39 is 4.92 Å². The van der Waals surface area contributed by atoms with Crippen LogP contribution in [0.15, 0.2) is 72.8 Å². The van der Waals surface area contributed by atoms with Crippen molar-refractivity contribution in [2.75, 3.05) is 11.4 Å². The topological polar surface area (TPSA) is 106 Å². The van der Waals surface area contributed by atoms with E-state index in [1.54, 1.807) is 19.1 Å². The Kier molecular flexibility index (Phi) is 5.97. The fourth-order valence-corrected chi connectivity index (χ4v) is 4.34. The second kappa shape index (κ2) is 9.38. The molecule has 0 bridgehead atoms. The Morgan fingerprint density at radius 3 is 2.63 bits per heavy atom. The average Bonchev–Trinajstić information content (AvgIpc) is 3.47.